The number of methoxy groups -OCH3 is 1. The summed E-state index contributed by atoms with van der Waals surface area (Å²) in [7, 11) is 1.72. The average Bonchev–Trinajstić information content (AvgIpc) is 2.47. The molecular weight excluding hydrogens is 258 g/mol. The van der Waals surface area contributed by atoms with E-state index in [9.17, 15) is 0 Å². The minimum atomic E-state index is 0.214. The maximum absolute atomic E-state index is 6.07. The van der Waals surface area contributed by atoms with Crippen molar-refractivity contribution < 1.29 is 9.47 Å². The van der Waals surface area contributed by atoms with Crippen LogP contribution in [0.25, 0.3) is 0 Å². The zero-order valence-corrected chi connectivity index (χ0v) is 12.4. The van der Waals surface area contributed by atoms with Crippen molar-refractivity contribution >= 4 is 11.8 Å². The van der Waals surface area contributed by atoms with Gasteiger partial charge in [0.2, 0.25) is 0 Å². The molecule has 1 fully saturated rings. The summed E-state index contributed by atoms with van der Waals surface area (Å²) in [5.41, 5.74) is 1.31. The summed E-state index contributed by atoms with van der Waals surface area (Å²) >= 11 is 1.95. The highest BCUT2D eigenvalue weighted by atomic mass is 32.2. The number of fused-ring (bicyclic) bond motifs is 3. The first-order valence-electron chi connectivity index (χ1n) is 7.00. The van der Waals surface area contributed by atoms with E-state index in [0.717, 1.165) is 24.7 Å². The number of thioether (sulfide) groups is 1. The third kappa shape index (κ3) is 2.49. The molecule has 0 radical (unpaired) electrons. The van der Waals surface area contributed by atoms with Gasteiger partial charge >= 0.3 is 0 Å². The highest BCUT2D eigenvalue weighted by Gasteiger charge is 2.37. The van der Waals surface area contributed by atoms with Gasteiger partial charge in [-0.05, 0) is 36.7 Å². The molecule has 0 amide bonds. The molecule has 1 saturated heterocycles. The lowest BCUT2D eigenvalue weighted by molar-refractivity contribution is -0.0677. The number of morpholine rings is 1. The van der Waals surface area contributed by atoms with Gasteiger partial charge in [0.1, 0.15) is 11.9 Å². The quantitative estimate of drug-likeness (QED) is 0.848. The molecule has 2 aliphatic heterocycles. The molecular formula is C15H21NO2S. The molecule has 3 nitrogen and oxygen atoms in total. The van der Waals surface area contributed by atoms with Gasteiger partial charge in [0.15, 0.2) is 0 Å². The summed E-state index contributed by atoms with van der Waals surface area (Å²) in [6, 6.07) is 6.86. The van der Waals surface area contributed by atoms with E-state index >= 15 is 0 Å². The van der Waals surface area contributed by atoms with E-state index in [0.29, 0.717) is 6.04 Å². The number of hydrogen-bond donors (Lipinski definition) is 0. The van der Waals surface area contributed by atoms with Gasteiger partial charge in [-0.1, -0.05) is 6.92 Å². The van der Waals surface area contributed by atoms with Gasteiger partial charge in [0.25, 0.3) is 0 Å². The van der Waals surface area contributed by atoms with Crippen LogP contribution in [0, 0.1) is 0 Å². The van der Waals surface area contributed by atoms with E-state index in [1.54, 1.807) is 7.11 Å². The topological polar surface area (TPSA) is 21.7 Å². The van der Waals surface area contributed by atoms with Gasteiger partial charge in [0.05, 0.1) is 13.7 Å². The van der Waals surface area contributed by atoms with Crippen molar-refractivity contribution in [1.82, 2.24) is 4.90 Å². The van der Waals surface area contributed by atoms with Crippen LogP contribution in [0.3, 0.4) is 0 Å². The minimum Gasteiger partial charge on any atom is -0.497 e. The fourth-order valence-electron chi connectivity index (χ4n) is 3.00. The first-order chi connectivity index (χ1) is 9.33. The van der Waals surface area contributed by atoms with Crippen molar-refractivity contribution in [2.45, 2.75) is 30.4 Å². The minimum absolute atomic E-state index is 0.214. The monoisotopic (exact) mass is 279 g/mol. The molecule has 19 heavy (non-hydrogen) atoms. The van der Waals surface area contributed by atoms with Gasteiger partial charge in [-0.3, -0.25) is 4.90 Å². The number of ether oxygens (including phenoxy) is 2. The van der Waals surface area contributed by atoms with Crippen LogP contribution in [-0.2, 0) is 4.74 Å². The van der Waals surface area contributed by atoms with Crippen molar-refractivity contribution in [1.29, 1.82) is 0 Å². The second-order valence-electron chi connectivity index (χ2n) is 5.11. The van der Waals surface area contributed by atoms with Crippen LogP contribution in [0.5, 0.6) is 5.75 Å². The first kappa shape index (κ1) is 13.3. The molecule has 3 rings (SSSR count). The van der Waals surface area contributed by atoms with Crippen LogP contribution in [0.2, 0.25) is 0 Å². The van der Waals surface area contributed by atoms with Crippen molar-refractivity contribution in [2.24, 2.45) is 0 Å². The van der Waals surface area contributed by atoms with E-state index in [1.807, 2.05) is 17.8 Å². The van der Waals surface area contributed by atoms with Crippen molar-refractivity contribution in [3.8, 4) is 5.75 Å². The first-order valence-corrected chi connectivity index (χ1v) is 7.98. The predicted octanol–water partition coefficient (Wildman–Crippen LogP) is 2.95. The Bertz CT molecular complexity index is 450. The Morgan fingerprint density at radius 2 is 2.37 bits per heavy atom. The maximum atomic E-state index is 6.07. The fourth-order valence-corrected chi connectivity index (χ4v) is 4.24. The molecule has 0 spiro atoms. The lowest BCUT2D eigenvalue weighted by atomic mass is 9.99. The molecule has 2 aliphatic rings. The van der Waals surface area contributed by atoms with Crippen molar-refractivity contribution in [3.63, 3.8) is 0 Å². The Balaban J connectivity index is 1.90. The zero-order chi connectivity index (χ0) is 13.2. The van der Waals surface area contributed by atoms with E-state index in [-0.39, 0.29) is 6.10 Å². The lowest BCUT2D eigenvalue weighted by Crippen LogP contribution is -2.50. The second kappa shape index (κ2) is 5.73. The summed E-state index contributed by atoms with van der Waals surface area (Å²) in [4.78, 5) is 3.93. The van der Waals surface area contributed by atoms with Crippen LogP contribution in [0.15, 0.2) is 23.1 Å². The molecule has 0 aliphatic carbocycles. The molecule has 0 bridgehead atoms. The summed E-state index contributed by atoms with van der Waals surface area (Å²) in [5, 5.41) is 0. The Labute approximate surface area is 119 Å². The summed E-state index contributed by atoms with van der Waals surface area (Å²) in [6.45, 7) is 5.32. The lowest BCUT2D eigenvalue weighted by Gasteiger charge is -2.44. The summed E-state index contributed by atoms with van der Waals surface area (Å²) < 4.78 is 11.4. The highest BCUT2D eigenvalue weighted by molar-refractivity contribution is 7.99. The third-order valence-electron chi connectivity index (χ3n) is 3.94. The Morgan fingerprint density at radius 3 is 3.16 bits per heavy atom. The van der Waals surface area contributed by atoms with Crippen LogP contribution < -0.4 is 4.74 Å². The molecule has 0 aromatic heterocycles. The van der Waals surface area contributed by atoms with Gasteiger partial charge in [0, 0.05) is 23.2 Å². The number of hydrogen-bond acceptors (Lipinski definition) is 4. The smallest absolute Gasteiger partial charge is 0.119 e. The van der Waals surface area contributed by atoms with Crippen LogP contribution in [-0.4, -0.2) is 43.5 Å². The van der Waals surface area contributed by atoms with Crippen LogP contribution in [0.4, 0.5) is 0 Å². The highest BCUT2D eigenvalue weighted by Crippen LogP contribution is 2.43. The largest absolute Gasteiger partial charge is 0.497 e. The predicted molar refractivity (Wildman–Crippen MR) is 78.1 cm³/mol. The molecule has 104 valence electrons. The standard InChI is InChI=1S/C15H21NO2S/c1-3-6-16-7-8-18-15-12-9-11(17-2)4-5-14(12)19-10-13(15)16/h4-5,9,13,15H,3,6-8,10H2,1-2H3/t13-,15+/m0/s1. The molecule has 4 heteroatoms. The van der Waals surface area contributed by atoms with Gasteiger partial charge < -0.3 is 9.47 Å². The SMILES string of the molecule is CCCN1CCO[C@@H]2c3cc(OC)ccc3SC[C@@H]21. The van der Waals surface area contributed by atoms with Crippen molar-refractivity contribution in [3.05, 3.63) is 23.8 Å². The zero-order valence-electron chi connectivity index (χ0n) is 11.6. The van der Waals surface area contributed by atoms with Gasteiger partial charge in [-0.25, -0.2) is 0 Å². The fraction of sp³-hybridized carbons (Fsp3) is 0.600. The molecule has 1 aromatic rings. The molecule has 0 saturated carbocycles. The van der Waals surface area contributed by atoms with Crippen molar-refractivity contribution in [2.75, 3.05) is 32.6 Å². The van der Waals surface area contributed by atoms with E-state index in [1.165, 1.54) is 23.4 Å². The van der Waals surface area contributed by atoms with E-state index in [2.05, 4.69) is 24.0 Å². The number of benzene rings is 1. The molecule has 0 unspecified atom stereocenters. The van der Waals surface area contributed by atoms with Crippen LogP contribution in [0.1, 0.15) is 25.0 Å². The van der Waals surface area contributed by atoms with E-state index < -0.39 is 0 Å². The average molecular weight is 279 g/mol. The Kier molecular flexibility index (Phi) is 4.01. The number of nitrogens with zero attached hydrogens (tertiary/aromatic N) is 1. The Morgan fingerprint density at radius 1 is 1.47 bits per heavy atom. The normalized spacial score (nSPS) is 26.6. The molecule has 2 heterocycles. The molecule has 2 atom stereocenters. The Hall–Kier alpha value is -0.710. The second-order valence-corrected chi connectivity index (χ2v) is 6.17. The summed E-state index contributed by atoms with van der Waals surface area (Å²) in [6.07, 6.45) is 1.42. The van der Waals surface area contributed by atoms with E-state index in [4.69, 9.17) is 9.47 Å². The molecule has 0 N–H and O–H groups in total. The van der Waals surface area contributed by atoms with Gasteiger partial charge in [-0.15, -0.1) is 11.8 Å². The summed E-state index contributed by atoms with van der Waals surface area (Å²) in [5.74, 6) is 2.06. The van der Waals surface area contributed by atoms with Gasteiger partial charge in [-0.2, -0.15) is 0 Å². The third-order valence-corrected chi connectivity index (χ3v) is 5.13. The maximum Gasteiger partial charge on any atom is 0.119 e. The molecule has 1 aromatic carbocycles. The van der Waals surface area contributed by atoms with Crippen LogP contribution >= 0.6 is 11.8 Å². The number of rotatable bonds is 3.